The van der Waals surface area contributed by atoms with Crippen molar-refractivity contribution in [3.8, 4) is 5.75 Å². The van der Waals surface area contributed by atoms with Gasteiger partial charge < -0.3 is 29.1 Å². The molecule has 0 bridgehead atoms. The fraction of sp³-hybridized carbons (Fsp3) is 0.385. The van der Waals surface area contributed by atoms with Crippen molar-refractivity contribution in [1.29, 1.82) is 0 Å². The highest BCUT2D eigenvalue weighted by Crippen LogP contribution is 2.28. The molecule has 2 aromatic rings. The Hall–Kier alpha value is -3.56. The lowest BCUT2D eigenvalue weighted by molar-refractivity contribution is 0.0673. The first-order chi connectivity index (χ1) is 17.2. The summed E-state index contributed by atoms with van der Waals surface area (Å²) in [6.45, 7) is 4.33. The molecule has 1 atom stereocenters. The lowest BCUT2D eigenvalue weighted by Gasteiger charge is -2.37. The van der Waals surface area contributed by atoms with Crippen LogP contribution in [0, 0.1) is 0 Å². The number of anilines is 1. The molecular formula is C26H31N5O4. The summed E-state index contributed by atoms with van der Waals surface area (Å²) in [5.41, 5.74) is 2.01. The Morgan fingerprint density at radius 2 is 2.06 bits per heavy atom. The highest BCUT2D eigenvalue weighted by atomic mass is 16.5. The highest BCUT2D eigenvalue weighted by Gasteiger charge is 2.25. The maximum absolute atomic E-state index is 11.0. The summed E-state index contributed by atoms with van der Waals surface area (Å²) >= 11 is 0. The predicted octanol–water partition coefficient (Wildman–Crippen LogP) is 2.97. The van der Waals surface area contributed by atoms with Crippen molar-refractivity contribution in [2.45, 2.75) is 18.9 Å². The SMILES string of the molecule is COc1ccc2ncnc(N3CCN(C[C@H](O)CN(C4=CC=CCC4)C4=COC=CO4)CC3)c2c1. The zero-order valence-electron chi connectivity index (χ0n) is 19.9. The average molecular weight is 478 g/mol. The third kappa shape index (κ3) is 5.41. The number of nitrogens with zero attached hydrogens (tertiary/aromatic N) is 5. The molecule has 0 spiro atoms. The molecule has 9 heteroatoms. The first-order valence-corrected chi connectivity index (χ1v) is 12.0. The van der Waals surface area contributed by atoms with Crippen LogP contribution >= 0.6 is 0 Å². The van der Waals surface area contributed by atoms with Gasteiger partial charge in [0.2, 0.25) is 5.88 Å². The van der Waals surface area contributed by atoms with Crippen molar-refractivity contribution < 1.29 is 19.3 Å². The third-order valence-electron chi connectivity index (χ3n) is 6.45. The van der Waals surface area contributed by atoms with Crippen molar-refractivity contribution in [1.82, 2.24) is 19.8 Å². The van der Waals surface area contributed by atoms with E-state index in [1.807, 2.05) is 29.2 Å². The first-order valence-electron chi connectivity index (χ1n) is 12.0. The second-order valence-corrected chi connectivity index (χ2v) is 8.74. The lowest BCUT2D eigenvalue weighted by atomic mass is 10.1. The summed E-state index contributed by atoms with van der Waals surface area (Å²) in [7, 11) is 1.66. The van der Waals surface area contributed by atoms with Crippen LogP contribution in [-0.4, -0.2) is 77.4 Å². The molecule has 1 fully saturated rings. The Morgan fingerprint density at radius 3 is 2.80 bits per heavy atom. The number of methoxy groups -OCH3 is 1. The van der Waals surface area contributed by atoms with E-state index in [0.717, 1.165) is 67.2 Å². The van der Waals surface area contributed by atoms with E-state index in [9.17, 15) is 5.11 Å². The van der Waals surface area contributed by atoms with Gasteiger partial charge in [0.25, 0.3) is 0 Å². The molecule has 1 aromatic heterocycles. The first kappa shape index (κ1) is 23.2. The minimum absolute atomic E-state index is 0.430. The van der Waals surface area contributed by atoms with Crippen LogP contribution in [-0.2, 0) is 9.47 Å². The zero-order valence-corrected chi connectivity index (χ0v) is 19.9. The largest absolute Gasteiger partial charge is 0.497 e. The summed E-state index contributed by atoms with van der Waals surface area (Å²) in [5.74, 6) is 2.30. The molecular weight excluding hydrogens is 446 g/mol. The zero-order chi connectivity index (χ0) is 24.0. The molecule has 1 aromatic carbocycles. The number of hydrogen-bond acceptors (Lipinski definition) is 9. The van der Waals surface area contributed by atoms with Gasteiger partial charge in [0.15, 0.2) is 6.26 Å². The van der Waals surface area contributed by atoms with Crippen molar-refractivity contribution in [2.75, 3.05) is 51.3 Å². The van der Waals surface area contributed by atoms with Crippen LogP contribution in [0.3, 0.4) is 0 Å². The molecule has 0 saturated carbocycles. The summed E-state index contributed by atoms with van der Waals surface area (Å²) < 4.78 is 16.4. The van der Waals surface area contributed by atoms with Crippen LogP contribution in [0.5, 0.6) is 5.75 Å². The van der Waals surface area contributed by atoms with E-state index in [4.69, 9.17) is 14.2 Å². The second kappa shape index (κ2) is 10.8. The molecule has 0 amide bonds. The van der Waals surface area contributed by atoms with Gasteiger partial charge in [-0.1, -0.05) is 12.2 Å². The summed E-state index contributed by atoms with van der Waals surface area (Å²) in [6, 6.07) is 5.87. The fourth-order valence-corrected chi connectivity index (χ4v) is 4.66. The van der Waals surface area contributed by atoms with Crippen molar-refractivity contribution >= 4 is 16.7 Å². The predicted molar refractivity (Wildman–Crippen MR) is 133 cm³/mol. The van der Waals surface area contributed by atoms with E-state index in [1.54, 1.807) is 19.7 Å². The quantitative estimate of drug-likeness (QED) is 0.617. The number of allylic oxidation sites excluding steroid dienone is 4. The lowest BCUT2D eigenvalue weighted by Crippen LogP contribution is -2.50. The Kier molecular flexibility index (Phi) is 7.15. The van der Waals surface area contributed by atoms with Gasteiger partial charge >= 0.3 is 0 Å². The van der Waals surface area contributed by atoms with Crippen LogP contribution in [0.25, 0.3) is 10.9 Å². The molecule has 5 rings (SSSR count). The minimum Gasteiger partial charge on any atom is -0.497 e. The topological polar surface area (TPSA) is 83.4 Å². The maximum Gasteiger partial charge on any atom is 0.235 e. The number of aromatic nitrogens is 2. The monoisotopic (exact) mass is 477 g/mol. The Morgan fingerprint density at radius 1 is 1.17 bits per heavy atom. The fourth-order valence-electron chi connectivity index (χ4n) is 4.66. The summed E-state index contributed by atoms with van der Waals surface area (Å²) in [6.07, 6.45) is 13.8. The van der Waals surface area contributed by atoms with Gasteiger partial charge in [-0.15, -0.1) is 0 Å². The Bertz CT molecular complexity index is 1150. The second-order valence-electron chi connectivity index (χ2n) is 8.74. The maximum atomic E-state index is 11.0. The van der Waals surface area contributed by atoms with E-state index < -0.39 is 6.10 Å². The standard InChI is InChI=1S/C26H31N5O4/c1-33-22-7-8-24-23(15-22)26(28-19-27-24)30-11-9-29(10-12-30)16-21(32)17-31(20-5-3-2-4-6-20)25-18-34-13-14-35-25/h2-3,5,7-8,13-15,18-19,21,32H,4,6,9-12,16-17H2,1H3/t21-/m0/s1. The summed E-state index contributed by atoms with van der Waals surface area (Å²) in [4.78, 5) is 15.5. The van der Waals surface area contributed by atoms with Gasteiger partial charge in [-0.05, 0) is 37.1 Å². The van der Waals surface area contributed by atoms with E-state index in [1.165, 1.54) is 12.5 Å². The Labute approximate surface area is 205 Å². The molecule has 35 heavy (non-hydrogen) atoms. The van der Waals surface area contributed by atoms with Gasteiger partial charge in [-0.3, -0.25) is 4.90 Å². The number of fused-ring (bicyclic) bond motifs is 1. The van der Waals surface area contributed by atoms with E-state index in [0.29, 0.717) is 19.0 Å². The average Bonchev–Trinajstić information content (AvgIpc) is 2.92. The normalized spacial score (nSPS) is 19.0. The van der Waals surface area contributed by atoms with E-state index in [-0.39, 0.29) is 0 Å². The van der Waals surface area contributed by atoms with Gasteiger partial charge in [0.05, 0.1) is 25.3 Å². The van der Waals surface area contributed by atoms with Crippen molar-refractivity contribution in [2.24, 2.45) is 0 Å². The molecule has 2 aliphatic heterocycles. The number of benzene rings is 1. The number of rotatable bonds is 8. The van der Waals surface area contributed by atoms with Gasteiger partial charge in [0.1, 0.15) is 30.4 Å². The molecule has 1 N–H and O–H groups in total. The van der Waals surface area contributed by atoms with Crippen LogP contribution < -0.4 is 9.64 Å². The molecule has 1 aliphatic carbocycles. The smallest absolute Gasteiger partial charge is 0.235 e. The van der Waals surface area contributed by atoms with Crippen LogP contribution in [0.15, 0.2) is 73.1 Å². The number of hydrogen-bond donors (Lipinski definition) is 1. The number of aliphatic hydroxyl groups excluding tert-OH is 1. The highest BCUT2D eigenvalue weighted by molar-refractivity contribution is 5.90. The number of ether oxygens (including phenoxy) is 3. The van der Waals surface area contributed by atoms with Gasteiger partial charge in [0, 0.05) is 43.8 Å². The van der Waals surface area contributed by atoms with Gasteiger partial charge in [-0.2, -0.15) is 0 Å². The number of aliphatic hydroxyl groups is 1. The number of piperazine rings is 1. The molecule has 9 nitrogen and oxygen atoms in total. The van der Waals surface area contributed by atoms with Crippen molar-refractivity contribution in [3.63, 3.8) is 0 Å². The van der Waals surface area contributed by atoms with Crippen LogP contribution in [0.2, 0.25) is 0 Å². The molecule has 1 saturated heterocycles. The molecule has 3 aliphatic rings. The molecule has 0 unspecified atom stereocenters. The Balaban J connectivity index is 1.21. The summed E-state index contributed by atoms with van der Waals surface area (Å²) in [5, 5.41) is 12.0. The van der Waals surface area contributed by atoms with Crippen LogP contribution in [0.4, 0.5) is 5.82 Å². The molecule has 184 valence electrons. The van der Waals surface area contributed by atoms with E-state index >= 15 is 0 Å². The molecule has 0 radical (unpaired) electrons. The van der Waals surface area contributed by atoms with Crippen LogP contribution in [0.1, 0.15) is 12.8 Å². The van der Waals surface area contributed by atoms with Gasteiger partial charge in [-0.25, -0.2) is 9.97 Å². The number of β-amino-alcohol motifs (C(OH)–C–C–N with tert-alkyl or cyclic N) is 1. The molecule has 3 heterocycles. The minimum atomic E-state index is -0.548. The van der Waals surface area contributed by atoms with Crippen molar-refractivity contribution in [3.05, 3.63) is 73.1 Å². The third-order valence-corrected chi connectivity index (χ3v) is 6.45. The van der Waals surface area contributed by atoms with E-state index in [2.05, 4.69) is 31.9 Å².